The summed E-state index contributed by atoms with van der Waals surface area (Å²) in [7, 11) is 3.87. The molecule has 110 valence electrons. The Hall–Kier alpha value is -1.71. The van der Waals surface area contributed by atoms with Crippen LogP contribution < -0.4 is 16.0 Å². The fourth-order valence-corrected chi connectivity index (χ4v) is 2.99. The van der Waals surface area contributed by atoms with Gasteiger partial charge in [0.15, 0.2) is 0 Å². The molecule has 2 rings (SSSR count). The highest BCUT2D eigenvalue weighted by Gasteiger charge is 2.24. The van der Waals surface area contributed by atoms with Crippen LogP contribution in [-0.2, 0) is 0 Å². The average molecular weight is 275 g/mol. The van der Waals surface area contributed by atoms with Crippen molar-refractivity contribution in [2.24, 2.45) is 5.92 Å². The second-order valence-corrected chi connectivity index (χ2v) is 5.98. The number of nitrogens with zero attached hydrogens (tertiary/aromatic N) is 1. The molecule has 1 amide bonds. The van der Waals surface area contributed by atoms with Gasteiger partial charge >= 0.3 is 0 Å². The smallest absolute Gasteiger partial charge is 0.253 e. The summed E-state index contributed by atoms with van der Waals surface area (Å²) in [6, 6.07) is 5.70. The first-order valence-corrected chi connectivity index (χ1v) is 7.36. The first-order chi connectivity index (χ1) is 9.49. The number of hydrogen-bond donors (Lipinski definition) is 2. The zero-order chi connectivity index (χ0) is 14.7. The molecule has 4 heteroatoms. The molecule has 4 nitrogen and oxygen atoms in total. The SMILES string of the molecule is CC(NC(=O)c1cc(N)ccc1N(C)C)C1CCCC1. The van der Waals surface area contributed by atoms with E-state index in [0.29, 0.717) is 17.2 Å². The first-order valence-electron chi connectivity index (χ1n) is 7.36. The van der Waals surface area contributed by atoms with Gasteiger partial charge in [0, 0.05) is 31.5 Å². The molecule has 3 N–H and O–H groups in total. The van der Waals surface area contributed by atoms with Gasteiger partial charge in [0.25, 0.3) is 5.91 Å². The summed E-state index contributed by atoms with van der Waals surface area (Å²) in [5.41, 5.74) is 7.99. The van der Waals surface area contributed by atoms with Crippen molar-refractivity contribution < 1.29 is 4.79 Å². The lowest BCUT2D eigenvalue weighted by Gasteiger charge is -2.23. The summed E-state index contributed by atoms with van der Waals surface area (Å²) >= 11 is 0. The van der Waals surface area contributed by atoms with Gasteiger partial charge in [-0.25, -0.2) is 0 Å². The Morgan fingerprint density at radius 1 is 1.35 bits per heavy atom. The highest BCUT2D eigenvalue weighted by Crippen LogP contribution is 2.28. The molecule has 0 saturated heterocycles. The van der Waals surface area contributed by atoms with Crippen LogP contribution >= 0.6 is 0 Å². The maximum Gasteiger partial charge on any atom is 0.253 e. The monoisotopic (exact) mass is 275 g/mol. The molecule has 0 bridgehead atoms. The number of nitrogens with two attached hydrogens (primary N) is 1. The van der Waals surface area contributed by atoms with Gasteiger partial charge in [-0.1, -0.05) is 12.8 Å². The van der Waals surface area contributed by atoms with Gasteiger partial charge in [0.05, 0.1) is 5.56 Å². The van der Waals surface area contributed by atoms with Crippen molar-refractivity contribution in [1.29, 1.82) is 0 Å². The van der Waals surface area contributed by atoms with Gasteiger partial charge in [-0.3, -0.25) is 4.79 Å². The molecule has 1 unspecified atom stereocenters. The van der Waals surface area contributed by atoms with E-state index in [0.717, 1.165) is 5.69 Å². The second kappa shape index (κ2) is 6.16. The maximum atomic E-state index is 12.5. The van der Waals surface area contributed by atoms with Gasteiger partial charge in [-0.2, -0.15) is 0 Å². The molecule has 0 heterocycles. The Labute approximate surface area is 121 Å². The van der Waals surface area contributed by atoms with E-state index < -0.39 is 0 Å². The van der Waals surface area contributed by atoms with E-state index in [4.69, 9.17) is 5.73 Å². The predicted octanol–water partition coefficient (Wildman–Crippen LogP) is 2.64. The van der Waals surface area contributed by atoms with Crippen molar-refractivity contribution in [3.63, 3.8) is 0 Å². The Balaban J connectivity index is 2.13. The van der Waals surface area contributed by atoms with Crippen LogP contribution in [0.25, 0.3) is 0 Å². The van der Waals surface area contributed by atoms with Gasteiger partial charge in [-0.05, 0) is 43.9 Å². The fourth-order valence-electron chi connectivity index (χ4n) is 2.99. The van der Waals surface area contributed by atoms with Gasteiger partial charge in [-0.15, -0.1) is 0 Å². The lowest BCUT2D eigenvalue weighted by atomic mass is 9.99. The van der Waals surface area contributed by atoms with Crippen LogP contribution in [-0.4, -0.2) is 26.0 Å². The predicted molar refractivity (Wildman–Crippen MR) is 84.1 cm³/mol. The second-order valence-electron chi connectivity index (χ2n) is 5.98. The molecule has 1 aromatic carbocycles. The minimum atomic E-state index is -0.0274. The van der Waals surface area contributed by atoms with Gasteiger partial charge in [0.1, 0.15) is 0 Å². The molecule has 1 saturated carbocycles. The van der Waals surface area contributed by atoms with Crippen LogP contribution in [0.5, 0.6) is 0 Å². The van der Waals surface area contributed by atoms with Crippen LogP contribution in [0.1, 0.15) is 43.0 Å². The number of nitrogens with one attached hydrogen (secondary N) is 1. The number of benzene rings is 1. The molecule has 1 aromatic rings. The Morgan fingerprint density at radius 2 is 2.00 bits per heavy atom. The van der Waals surface area contributed by atoms with Crippen LogP contribution in [0.2, 0.25) is 0 Å². The number of carbonyl (C=O) groups is 1. The minimum Gasteiger partial charge on any atom is -0.399 e. The Kier molecular flexibility index (Phi) is 4.53. The normalized spacial score (nSPS) is 16.9. The molecule has 0 aliphatic heterocycles. The number of nitrogen functional groups attached to an aromatic ring is 1. The van der Waals surface area contributed by atoms with Crippen molar-refractivity contribution in [2.45, 2.75) is 38.6 Å². The molecule has 0 spiro atoms. The van der Waals surface area contributed by atoms with Gasteiger partial charge < -0.3 is 16.0 Å². The van der Waals surface area contributed by atoms with Crippen molar-refractivity contribution in [1.82, 2.24) is 5.32 Å². The summed E-state index contributed by atoms with van der Waals surface area (Å²) in [6.07, 6.45) is 5.01. The summed E-state index contributed by atoms with van der Waals surface area (Å²) in [5.74, 6) is 0.586. The zero-order valence-corrected chi connectivity index (χ0v) is 12.6. The number of rotatable bonds is 4. The molecular formula is C16H25N3O. The van der Waals surface area contributed by atoms with Crippen LogP contribution in [0.4, 0.5) is 11.4 Å². The lowest BCUT2D eigenvalue weighted by molar-refractivity contribution is 0.0928. The molecular weight excluding hydrogens is 250 g/mol. The summed E-state index contributed by atoms with van der Waals surface area (Å²) < 4.78 is 0. The molecule has 1 atom stereocenters. The van der Waals surface area contributed by atoms with Crippen LogP contribution in [0.15, 0.2) is 18.2 Å². The number of anilines is 2. The first kappa shape index (κ1) is 14.7. The van der Waals surface area contributed by atoms with Crippen molar-refractivity contribution in [3.8, 4) is 0 Å². The summed E-state index contributed by atoms with van der Waals surface area (Å²) in [6.45, 7) is 2.11. The number of carbonyl (C=O) groups excluding carboxylic acids is 1. The average Bonchev–Trinajstić information content (AvgIpc) is 2.92. The highest BCUT2D eigenvalue weighted by molar-refractivity contribution is 6.00. The van der Waals surface area contributed by atoms with E-state index in [1.165, 1.54) is 25.7 Å². The molecule has 0 aromatic heterocycles. The summed E-state index contributed by atoms with van der Waals surface area (Å²) in [4.78, 5) is 14.4. The van der Waals surface area contributed by atoms with Crippen molar-refractivity contribution >= 4 is 17.3 Å². The third kappa shape index (κ3) is 3.24. The molecule has 0 radical (unpaired) electrons. The standard InChI is InChI=1S/C16H25N3O/c1-11(12-6-4-5-7-12)18-16(20)14-10-13(17)8-9-15(14)19(2)3/h8-12H,4-7,17H2,1-3H3,(H,18,20). The Bertz CT molecular complexity index is 479. The summed E-state index contributed by atoms with van der Waals surface area (Å²) in [5, 5.41) is 3.14. The quantitative estimate of drug-likeness (QED) is 0.831. The number of hydrogen-bond acceptors (Lipinski definition) is 3. The third-order valence-corrected chi connectivity index (χ3v) is 4.21. The van der Waals surface area contributed by atoms with Gasteiger partial charge in [0.2, 0.25) is 0 Å². The Morgan fingerprint density at radius 3 is 2.60 bits per heavy atom. The van der Waals surface area contributed by atoms with Crippen LogP contribution in [0.3, 0.4) is 0 Å². The van der Waals surface area contributed by atoms with Crippen molar-refractivity contribution in [3.05, 3.63) is 23.8 Å². The van der Waals surface area contributed by atoms with Crippen LogP contribution in [0, 0.1) is 5.92 Å². The zero-order valence-electron chi connectivity index (χ0n) is 12.6. The highest BCUT2D eigenvalue weighted by atomic mass is 16.1. The number of amides is 1. The minimum absolute atomic E-state index is 0.0274. The largest absolute Gasteiger partial charge is 0.399 e. The van der Waals surface area contributed by atoms with E-state index in [1.54, 1.807) is 6.07 Å². The fraction of sp³-hybridized carbons (Fsp3) is 0.562. The van der Waals surface area contributed by atoms with E-state index in [1.807, 2.05) is 31.1 Å². The van der Waals surface area contributed by atoms with Crippen molar-refractivity contribution in [2.75, 3.05) is 24.7 Å². The van der Waals surface area contributed by atoms with E-state index >= 15 is 0 Å². The topological polar surface area (TPSA) is 58.4 Å². The molecule has 1 fully saturated rings. The third-order valence-electron chi connectivity index (χ3n) is 4.21. The van der Waals surface area contributed by atoms with E-state index in [9.17, 15) is 4.79 Å². The molecule has 1 aliphatic carbocycles. The van der Waals surface area contributed by atoms with E-state index in [-0.39, 0.29) is 11.9 Å². The molecule has 1 aliphatic rings. The van der Waals surface area contributed by atoms with E-state index in [2.05, 4.69) is 12.2 Å². The maximum absolute atomic E-state index is 12.5. The molecule has 20 heavy (non-hydrogen) atoms. The lowest BCUT2D eigenvalue weighted by Crippen LogP contribution is -2.37.